The molecule has 6 rings (SSSR count). The van der Waals surface area contributed by atoms with Gasteiger partial charge in [-0.2, -0.15) is 10.1 Å². The van der Waals surface area contributed by atoms with E-state index in [1.54, 1.807) is 4.68 Å². The number of aryl methyl sites for hydroxylation is 2. The molecule has 0 aliphatic carbocycles. The second-order valence-electron chi connectivity index (χ2n) is 8.56. The molecule has 5 aromatic rings. The average molecular weight is 468 g/mol. The van der Waals surface area contributed by atoms with E-state index >= 15 is 0 Å². The number of hydrogen-bond donors (Lipinski definition) is 1. The zero-order valence-electron chi connectivity index (χ0n) is 19.6. The Labute approximate surface area is 202 Å². The smallest absolute Gasteiger partial charge is 0.228 e. The number of rotatable bonds is 5. The fraction of sp³-hybridized carbons (Fsp3) is 0.240. The van der Waals surface area contributed by atoms with Gasteiger partial charge in [0.1, 0.15) is 11.5 Å². The van der Waals surface area contributed by atoms with E-state index < -0.39 is 0 Å². The third kappa shape index (κ3) is 4.31. The van der Waals surface area contributed by atoms with Crippen LogP contribution >= 0.6 is 0 Å². The highest BCUT2D eigenvalue weighted by atomic mass is 16.5. The third-order valence-corrected chi connectivity index (χ3v) is 6.11. The van der Waals surface area contributed by atoms with E-state index in [2.05, 4.69) is 43.8 Å². The number of nitrogens with zero attached hydrogens (tertiary/aromatic N) is 8. The van der Waals surface area contributed by atoms with E-state index in [1.165, 1.54) is 0 Å². The van der Waals surface area contributed by atoms with Crippen molar-refractivity contribution in [1.82, 2.24) is 34.7 Å². The van der Waals surface area contributed by atoms with Crippen molar-refractivity contribution in [2.45, 2.75) is 0 Å². The maximum atomic E-state index is 5.53. The Morgan fingerprint density at radius 2 is 1.69 bits per heavy atom. The van der Waals surface area contributed by atoms with Gasteiger partial charge in [0, 0.05) is 55.5 Å². The first-order valence-electron chi connectivity index (χ1n) is 11.5. The number of benzene rings is 2. The summed E-state index contributed by atoms with van der Waals surface area (Å²) in [5.74, 6) is 1.42. The molecule has 1 aliphatic rings. The molecule has 1 saturated heterocycles. The van der Waals surface area contributed by atoms with Gasteiger partial charge in [0.25, 0.3) is 0 Å². The lowest BCUT2D eigenvalue weighted by atomic mass is 10.1. The first-order chi connectivity index (χ1) is 17.1. The molecule has 4 heterocycles. The van der Waals surface area contributed by atoms with Crippen LogP contribution < -0.4 is 10.2 Å². The van der Waals surface area contributed by atoms with Crippen LogP contribution in [-0.2, 0) is 18.8 Å². The highest BCUT2D eigenvalue weighted by Gasteiger charge is 2.17. The molecule has 35 heavy (non-hydrogen) atoms. The second kappa shape index (κ2) is 8.80. The second-order valence-corrected chi connectivity index (χ2v) is 8.56. The van der Waals surface area contributed by atoms with Gasteiger partial charge in [-0.05, 0) is 18.2 Å². The summed E-state index contributed by atoms with van der Waals surface area (Å²) in [5.41, 5.74) is 5.69. The topological polar surface area (TPSA) is 98.8 Å². The number of aromatic nitrogens is 7. The fourth-order valence-corrected chi connectivity index (χ4v) is 4.21. The van der Waals surface area contributed by atoms with Gasteiger partial charge in [0.2, 0.25) is 5.95 Å². The van der Waals surface area contributed by atoms with Gasteiger partial charge in [-0.15, -0.1) is 5.10 Å². The molecule has 10 nitrogen and oxygen atoms in total. The maximum absolute atomic E-state index is 5.53. The molecule has 3 aromatic heterocycles. The molecule has 0 saturated carbocycles. The Bertz CT molecular complexity index is 1480. The van der Waals surface area contributed by atoms with Crippen LogP contribution in [0.1, 0.15) is 0 Å². The molecule has 0 amide bonds. The minimum atomic E-state index is 0.668. The summed E-state index contributed by atoms with van der Waals surface area (Å²) < 4.78 is 9.10. The molecular formula is C25H25N9O. The predicted octanol–water partition coefficient (Wildman–Crippen LogP) is 3.41. The molecule has 1 N–H and O–H groups in total. The minimum absolute atomic E-state index is 0.668. The van der Waals surface area contributed by atoms with Gasteiger partial charge in [0.05, 0.1) is 36.8 Å². The van der Waals surface area contributed by atoms with E-state index in [-0.39, 0.29) is 0 Å². The van der Waals surface area contributed by atoms with Crippen molar-refractivity contribution in [2.75, 3.05) is 36.5 Å². The first-order valence-corrected chi connectivity index (χ1v) is 11.5. The van der Waals surface area contributed by atoms with Crippen LogP contribution in [0.25, 0.3) is 33.4 Å². The Balaban J connectivity index is 1.35. The molecule has 2 aromatic carbocycles. The first kappa shape index (κ1) is 21.2. The van der Waals surface area contributed by atoms with Crippen LogP contribution in [0, 0.1) is 0 Å². The molecule has 0 unspecified atom stereocenters. The summed E-state index contributed by atoms with van der Waals surface area (Å²) in [4.78, 5) is 11.9. The molecule has 0 bridgehead atoms. The SMILES string of the molecule is Cn1cc(-c2ccc(Nc3cc(-c4ccc5cnn(C)c5c4)nc(N4CCOCC4)n3)cc2)nn1. The molecule has 10 heteroatoms. The number of hydrogen-bond acceptors (Lipinski definition) is 8. The molecule has 0 atom stereocenters. The van der Waals surface area contributed by atoms with E-state index in [4.69, 9.17) is 14.7 Å². The van der Waals surface area contributed by atoms with Gasteiger partial charge in [-0.1, -0.05) is 29.5 Å². The maximum Gasteiger partial charge on any atom is 0.228 e. The molecule has 0 spiro atoms. The summed E-state index contributed by atoms with van der Waals surface area (Å²) in [6, 6.07) is 16.3. The lowest BCUT2D eigenvalue weighted by molar-refractivity contribution is 0.122. The number of fused-ring (bicyclic) bond motifs is 1. The molecule has 176 valence electrons. The summed E-state index contributed by atoms with van der Waals surface area (Å²) in [7, 11) is 3.81. The van der Waals surface area contributed by atoms with Gasteiger partial charge < -0.3 is 15.0 Å². The van der Waals surface area contributed by atoms with Crippen molar-refractivity contribution in [3.8, 4) is 22.5 Å². The van der Waals surface area contributed by atoms with Crippen LogP contribution in [0.2, 0.25) is 0 Å². The summed E-state index contributed by atoms with van der Waals surface area (Å²) >= 11 is 0. The van der Waals surface area contributed by atoms with Crippen molar-refractivity contribution >= 4 is 28.4 Å². The van der Waals surface area contributed by atoms with E-state index in [1.807, 2.05) is 61.5 Å². The Hall–Kier alpha value is -4.31. The number of morpholine rings is 1. The van der Waals surface area contributed by atoms with Crippen LogP contribution in [0.15, 0.2) is 60.9 Å². The zero-order valence-corrected chi connectivity index (χ0v) is 19.6. The van der Waals surface area contributed by atoms with Crippen LogP contribution in [0.5, 0.6) is 0 Å². The van der Waals surface area contributed by atoms with E-state index in [0.717, 1.165) is 58.0 Å². The number of nitrogens with one attached hydrogen (secondary N) is 1. The van der Waals surface area contributed by atoms with Crippen LogP contribution in [0.3, 0.4) is 0 Å². The lowest BCUT2D eigenvalue weighted by Crippen LogP contribution is -2.37. The standard InChI is InChI=1S/C25H25N9O/c1-32-16-22(30-31-32)17-5-7-20(8-6-17)27-24-14-21(28-25(29-24)34-9-11-35-12-10-34)18-3-4-19-15-26-33(2)23(19)13-18/h3-8,13-16H,9-12H2,1-2H3,(H,27,28,29). The van der Waals surface area contributed by atoms with Crippen molar-refractivity contribution in [3.63, 3.8) is 0 Å². The Kier molecular flexibility index (Phi) is 5.34. The van der Waals surface area contributed by atoms with E-state index in [9.17, 15) is 0 Å². The summed E-state index contributed by atoms with van der Waals surface area (Å²) in [6.07, 6.45) is 3.77. The van der Waals surface area contributed by atoms with Crippen molar-refractivity contribution in [2.24, 2.45) is 14.1 Å². The quantitative estimate of drug-likeness (QED) is 0.420. The van der Waals surface area contributed by atoms with E-state index in [0.29, 0.717) is 19.2 Å². The van der Waals surface area contributed by atoms with Gasteiger partial charge in [-0.25, -0.2) is 4.98 Å². The highest BCUT2D eigenvalue weighted by Crippen LogP contribution is 2.28. The summed E-state index contributed by atoms with van der Waals surface area (Å²) in [5, 5.41) is 17.1. The third-order valence-electron chi connectivity index (χ3n) is 6.11. The number of anilines is 3. The average Bonchev–Trinajstić information content (AvgIpc) is 3.50. The van der Waals surface area contributed by atoms with Crippen molar-refractivity contribution in [3.05, 3.63) is 60.9 Å². The molecule has 0 radical (unpaired) electrons. The Morgan fingerprint density at radius 1 is 0.886 bits per heavy atom. The molecular weight excluding hydrogens is 442 g/mol. The number of ether oxygens (including phenoxy) is 1. The zero-order chi connectivity index (χ0) is 23.8. The summed E-state index contributed by atoms with van der Waals surface area (Å²) in [6.45, 7) is 2.86. The van der Waals surface area contributed by atoms with Gasteiger partial charge in [0.15, 0.2) is 0 Å². The lowest BCUT2D eigenvalue weighted by Gasteiger charge is -2.27. The predicted molar refractivity (Wildman–Crippen MR) is 134 cm³/mol. The minimum Gasteiger partial charge on any atom is -0.378 e. The van der Waals surface area contributed by atoms with Crippen LogP contribution in [0.4, 0.5) is 17.5 Å². The van der Waals surface area contributed by atoms with Gasteiger partial charge >= 0.3 is 0 Å². The Morgan fingerprint density at radius 3 is 2.46 bits per heavy atom. The van der Waals surface area contributed by atoms with Gasteiger partial charge in [-0.3, -0.25) is 9.36 Å². The highest BCUT2D eigenvalue weighted by molar-refractivity contribution is 5.84. The molecule has 1 fully saturated rings. The fourth-order valence-electron chi connectivity index (χ4n) is 4.21. The molecule has 1 aliphatic heterocycles. The van der Waals surface area contributed by atoms with Crippen molar-refractivity contribution in [1.29, 1.82) is 0 Å². The largest absolute Gasteiger partial charge is 0.378 e. The normalized spacial score (nSPS) is 13.9. The van der Waals surface area contributed by atoms with Crippen LogP contribution in [-0.4, -0.2) is 61.0 Å². The monoisotopic (exact) mass is 467 g/mol. The van der Waals surface area contributed by atoms with Crippen molar-refractivity contribution < 1.29 is 4.74 Å².